The maximum absolute atomic E-state index is 11.4. The van der Waals surface area contributed by atoms with Crippen molar-refractivity contribution < 1.29 is 4.79 Å². The van der Waals surface area contributed by atoms with Gasteiger partial charge in [-0.3, -0.25) is 4.79 Å². The molecule has 1 saturated carbocycles. The van der Waals surface area contributed by atoms with Crippen LogP contribution in [-0.2, 0) is 0 Å². The number of carbonyl (C=O) groups is 1. The molecule has 0 saturated heterocycles. The maximum atomic E-state index is 11.4. The summed E-state index contributed by atoms with van der Waals surface area (Å²) in [4.78, 5) is 11.4. The summed E-state index contributed by atoms with van der Waals surface area (Å²) in [7, 11) is 0. The highest BCUT2D eigenvalue weighted by molar-refractivity contribution is 5.92. The molecule has 1 aliphatic rings. The third kappa shape index (κ3) is 1.52. The van der Waals surface area contributed by atoms with Crippen molar-refractivity contribution in [3.8, 4) is 0 Å². The van der Waals surface area contributed by atoms with Gasteiger partial charge in [0, 0.05) is 6.54 Å². The van der Waals surface area contributed by atoms with Crippen LogP contribution in [0, 0.1) is 0 Å². The fraction of sp³-hybridized carbons (Fsp3) is 0.571. The van der Waals surface area contributed by atoms with E-state index in [1.807, 2.05) is 0 Å². The zero-order valence-corrected chi connectivity index (χ0v) is 7.08. The summed E-state index contributed by atoms with van der Waals surface area (Å²) in [6.45, 7) is 0.483. The molecule has 1 aromatic rings. The maximum Gasteiger partial charge on any atom is 0.273 e. The zero-order valence-electron chi connectivity index (χ0n) is 7.08. The van der Waals surface area contributed by atoms with Gasteiger partial charge in [0.15, 0.2) is 5.69 Å². The van der Waals surface area contributed by atoms with Crippen molar-refractivity contribution >= 4 is 5.91 Å². The number of aromatic nitrogens is 3. The lowest BCUT2D eigenvalue weighted by Gasteiger charge is -2.12. The molecule has 70 valence electrons. The van der Waals surface area contributed by atoms with Crippen LogP contribution in [0.15, 0.2) is 6.20 Å². The minimum absolute atomic E-state index is 0.171. The van der Waals surface area contributed by atoms with Crippen molar-refractivity contribution in [2.24, 2.45) is 5.73 Å². The first-order chi connectivity index (χ1) is 6.26. The van der Waals surface area contributed by atoms with Crippen LogP contribution in [0.2, 0.25) is 0 Å². The monoisotopic (exact) mass is 181 g/mol. The first-order valence-electron chi connectivity index (χ1n) is 4.14. The van der Waals surface area contributed by atoms with Crippen LogP contribution in [0.5, 0.6) is 0 Å². The molecular weight excluding hydrogens is 170 g/mol. The predicted octanol–water partition coefficient (Wildman–Crippen LogP) is -0.974. The van der Waals surface area contributed by atoms with Crippen molar-refractivity contribution in [2.45, 2.75) is 18.4 Å². The zero-order chi connectivity index (χ0) is 9.31. The smallest absolute Gasteiger partial charge is 0.273 e. The molecule has 1 amide bonds. The summed E-state index contributed by atoms with van der Waals surface area (Å²) in [6, 6.07) is 0. The van der Waals surface area contributed by atoms with E-state index in [1.54, 1.807) is 0 Å². The summed E-state index contributed by atoms with van der Waals surface area (Å²) < 4.78 is 0. The Morgan fingerprint density at radius 2 is 2.54 bits per heavy atom. The molecular formula is C7H11N5O. The van der Waals surface area contributed by atoms with E-state index in [0.717, 1.165) is 12.8 Å². The number of amides is 1. The average Bonchev–Trinajstić information content (AvgIpc) is 2.69. The van der Waals surface area contributed by atoms with E-state index in [1.165, 1.54) is 6.20 Å². The van der Waals surface area contributed by atoms with Gasteiger partial charge in [0.25, 0.3) is 5.91 Å². The molecule has 0 aliphatic heterocycles. The van der Waals surface area contributed by atoms with Gasteiger partial charge in [-0.15, -0.1) is 0 Å². The van der Waals surface area contributed by atoms with Gasteiger partial charge in [-0.1, -0.05) is 0 Å². The minimum atomic E-state index is -0.211. The first kappa shape index (κ1) is 8.18. The van der Waals surface area contributed by atoms with Crippen LogP contribution in [0.4, 0.5) is 0 Å². The molecule has 1 fully saturated rings. The Hall–Kier alpha value is -1.43. The fourth-order valence-corrected chi connectivity index (χ4v) is 1.15. The molecule has 0 radical (unpaired) electrons. The highest BCUT2D eigenvalue weighted by Crippen LogP contribution is 2.33. The van der Waals surface area contributed by atoms with Crippen molar-refractivity contribution in [3.05, 3.63) is 11.9 Å². The molecule has 6 nitrogen and oxygen atoms in total. The summed E-state index contributed by atoms with van der Waals surface area (Å²) in [5, 5.41) is 12.4. The number of hydrogen-bond acceptors (Lipinski definition) is 4. The van der Waals surface area contributed by atoms with Gasteiger partial charge in [0.05, 0.1) is 11.7 Å². The predicted molar refractivity (Wildman–Crippen MR) is 44.9 cm³/mol. The number of nitrogens with zero attached hydrogens (tertiary/aromatic N) is 2. The Morgan fingerprint density at radius 3 is 3.00 bits per heavy atom. The molecule has 1 aromatic heterocycles. The van der Waals surface area contributed by atoms with Gasteiger partial charge >= 0.3 is 0 Å². The van der Waals surface area contributed by atoms with Gasteiger partial charge in [-0.05, 0) is 12.8 Å². The van der Waals surface area contributed by atoms with Crippen LogP contribution in [0.25, 0.3) is 0 Å². The number of nitrogens with one attached hydrogen (secondary N) is 2. The average molecular weight is 181 g/mol. The molecule has 0 bridgehead atoms. The highest BCUT2D eigenvalue weighted by atomic mass is 16.2. The Labute approximate surface area is 74.9 Å². The van der Waals surface area contributed by atoms with Crippen LogP contribution >= 0.6 is 0 Å². The Bertz CT molecular complexity index is 303. The Morgan fingerprint density at radius 1 is 1.77 bits per heavy atom. The second kappa shape index (κ2) is 2.81. The SMILES string of the molecule is NCC1(NC(=O)c2cn[nH]n2)CC1. The standard InChI is InChI=1S/C7H11N5O/c8-4-7(1-2-7)10-6(13)5-3-9-12-11-5/h3H,1-2,4,8H2,(H,10,13)(H,9,11,12). The van der Waals surface area contributed by atoms with E-state index in [4.69, 9.17) is 5.73 Å². The molecule has 2 rings (SSSR count). The van der Waals surface area contributed by atoms with E-state index >= 15 is 0 Å². The van der Waals surface area contributed by atoms with Crippen molar-refractivity contribution in [2.75, 3.05) is 6.54 Å². The molecule has 4 N–H and O–H groups in total. The van der Waals surface area contributed by atoms with E-state index in [-0.39, 0.29) is 11.4 Å². The molecule has 0 spiro atoms. The Balaban J connectivity index is 2.00. The van der Waals surface area contributed by atoms with Crippen LogP contribution in [0.3, 0.4) is 0 Å². The van der Waals surface area contributed by atoms with E-state index in [0.29, 0.717) is 12.2 Å². The Kier molecular flexibility index (Phi) is 1.77. The second-order valence-corrected chi connectivity index (χ2v) is 3.29. The minimum Gasteiger partial charge on any atom is -0.344 e. The lowest BCUT2D eigenvalue weighted by atomic mass is 10.2. The molecule has 1 aliphatic carbocycles. The summed E-state index contributed by atoms with van der Waals surface area (Å²) >= 11 is 0. The lowest BCUT2D eigenvalue weighted by Crippen LogP contribution is -2.42. The summed E-state index contributed by atoms with van der Waals surface area (Å²) in [6.07, 6.45) is 3.29. The van der Waals surface area contributed by atoms with Crippen molar-refractivity contribution in [1.82, 2.24) is 20.7 Å². The molecule has 13 heavy (non-hydrogen) atoms. The number of rotatable bonds is 3. The van der Waals surface area contributed by atoms with Crippen molar-refractivity contribution in [3.63, 3.8) is 0 Å². The summed E-state index contributed by atoms with van der Waals surface area (Å²) in [5.41, 5.74) is 5.65. The first-order valence-corrected chi connectivity index (χ1v) is 4.14. The number of H-pyrrole nitrogens is 1. The highest BCUT2D eigenvalue weighted by Gasteiger charge is 2.42. The van der Waals surface area contributed by atoms with E-state index < -0.39 is 0 Å². The molecule has 0 aromatic carbocycles. The van der Waals surface area contributed by atoms with E-state index in [9.17, 15) is 4.79 Å². The van der Waals surface area contributed by atoms with Crippen LogP contribution in [0.1, 0.15) is 23.3 Å². The normalized spacial score (nSPS) is 18.2. The number of hydrogen-bond donors (Lipinski definition) is 3. The van der Waals surface area contributed by atoms with Gasteiger partial charge in [-0.25, -0.2) is 0 Å². The van der Waals surface area contributed by atoms with Gasteiger partial charge in [-0.2, -0.15) is 15.4 Å². The third-order valence-corrected chi connectivity index (χ3v) is 2.27. The molecule has 0 atom stereocenters. The quantitative estimate of drug-likeness (QED) is 0.558. The fourth-order valence-electron chi connectivity index (χ4n) is 1.15. The number of nitrogens with two attached hydrogens (primary N) is 1. The van der Waals surface area contributed by atoms with Crippen molar-refractivity contribution in [1.29, 1.82) is 0 Å². The van der Waals surface area contributed by atoms with Crippen LogP contribution < -0.4 is 11.1 Å². The van der Waals surface area contributed by atoms with Crippen LogP contribution in [-0.4, -0.2) is 33.4 Å². The number of carbonyl (C=O) groups excluding carboxylic acids is 1. The summed E-state index contributed by atoms with van der Waals surface area (Å²) in [5.74, 6) is -0.211. The lowest BCUT2D eigenvalue weighted by molar-refractivity contribution is 0.0928. The molecule has 6 heteroatoms. The largest absolute Gasteiger partial charge is 0.344 e. The van der Waals surface area contributed by atoms with Gasteiger partial charge in [0.2, 0.25) is 0 Å². The van der Waals surface area contributed by atoms with Gasteiger partial charge in [0.1, 0.15) is 0 Å². The number of aromatic amines is 1. The molecule has 1 heterocycles. The van der Waals surface area contributed by atoms with E-state index in [2.05, 4.69) is 20.7 Å². The molecule has 0 unspecified atom stereocenters. The third-order valence-electron chi connectivity index (χ3n) is 2.27. The second-order valence-electron chi connectivity index (χ2n) is 3.29. The van der Waals surface area contributed by atoms with Gasteiger partial charge < -0.3 is 11.1 Å². The topological polar surface area (TPSA) is 96.7 Å².